The summed E-state index contributed by atoms with van der Waals surface area (Å²) >= 11 is 0. The Morgan fingerprint density at radius 2 is 2.30 bits per heavy atom. The van der Waals surface area contributed by atoms with Gasteiger partial charge in [0.25, 0.3) is 0 Å². The average molecular weight is 278 g/mol. The lowest BCUT2D eigenvalue weighted by Gasteiger charge is -2.26. The molecule has 2 aliphatic heterocycles. The van der Waals surface area contributed by atoms with Crippen molar-refractivity contribution in [2.24, 2.45) is 0 Å². The first-order valence-electron chi connectivity index (χ1n) is 7.57. The van der Waals surface area contributed by atoms with Gasteiger partial charge in [0, 0.05) is 25.6 Å². The van der Waals surface area contributed by atoms with E-state index in [9.17, 15) is 4.79 Å². The van der Waals surface area contributed by atoms with Crippen LogP contribution >= 0.6 is 0 Å². The lowest BCUT2D eigenvalue weighted by Crippen LogP contribution is -2.31. The fourth-order valence-electron chi connectivity index (χ4n) is 3.18. The lowest BCUT2D eigenvalue weighted by atomic mass is 9.92. The second kappa shape index (κ2) is 5.56. The highest BCUT2D eigenvalue weighted by molar-refractivity contribution is 5.76. The van der Waals surface area contributed by atoms with E-state index < -0.39 is 0 Å². The maximum absolute atomic E-state index is 12.2. The molecule has 0 N–H and O–H groups in total. The number of carbonyl (C=O) groups is 1. The van der Waals surface area contributed by atoms with Crippen LogP contribution in [0.4, 0.5) is 0 Å². The number of ether oxygens (including phenoxy) is 1. The van der Waals surface area contributed by atoms with E-state index in [0.29, 0.717) is 13.0 Å². The van der Waals surface area contributed by atoms with Gasteiger partial charge in [0.1, 0.15) is 0 Å². The largest absolute Gasteiger partial charge is 0.375 e. The number of hydrogen-bond acceptors (Lipinski definition) is 4. The SMILES string of the molecule is CCc1cc(CN2CCC3(CCCO3)CCC2=O)on1. The molecule has 5 nitrogen and oxygen atoms in total. The van der Waals surface area contributed by atoms with Crippen LogP contribution < -0.4 is 0 Å². The van der Waals surface area contributed by atoms with Gasteiger partial charge in [-0.2, -0.15) is 0 Å². The third kappa shape index (κ3) is 2.73. The molecule has 110 valence electrons. The van der Waals surface area contributed by atoms with Crippen molar-refractivity contribution in [3.8, 4) is 0 Å². The van der Waals surface area contributed by atoms with E-state index in [1.807, 2.05) is 17.9 Å². The number of hydrogen-bond donors (Lipinski definition) is 0. The molecule has 1 atom stereocenters. The molecule has 2 fully saturated rings. The Bertz CT molecular complexity index is 477. The fourth-order valence-corrected chi connectivity index (χ4v) is 3.18. The zero-order valence-electron chi connectivity index (χ0n) is 12.1. The highest BCUT2D eigenvalue weighted by atomic mass is 16.5. The van der Waals surface area contributed by atoms with Crippen molar-refractivity contribution < 1.29 is 14.1 Å². The molecule has 0 aromatic carbocycles. The summed E-state index contributed by atoms with van der Waals surface area (Å²) in [5.74, 6) is 0.977. The van der Waals surface area contributed by atoms with Gasteiger partial charge in [-0.25, -0.2) is 0 Å². The van der Waals surface area contributed by atoms with Crippen LogP contribution in [0.25, 0.3) is 0 Å². The minimum Gasteiger partial charge on any atom is -0.375 e. The number of amides is 1. The van der Waals surface area contributed by atoms with Crippen LogP contribution in [-0.2, 0) is 22.5 Å². The predicted molar refractivity (Wildman–Crippen MR) is 73.1 cm³/mol. The smallest absolute Gasteiger partial charge is 0.223 e. The van der Waals surface area contributed by atoms with E-state index in [1.165, 1.54) is 0 Å². The van der Waals surface area contributed by atoms with E-state index in [2.05, 4.69) is 5.16 Å². The Morgan fingerprint density at radius 1 is 1.40 bits per heavy atom. The van der Waals surface area contributed by atoms with Gasteiger partial charge in [0.2, 0.25) is 5.91 Å². The molecule has 1 unspecified atom stereocenters. The third-order valence-corrected chi connectivity index (χ3v) is 4.49. The van der Waals surface area contributed by atoms with Gasteiger partial charge in [0.15, 0.2) is 5.76 Å². The Kier molecular flexibility index (Phi) is 3.78. The second-order valence-electron chi connectivity index (χ2n) is 5.84. The van der Waals surface area contributed by atoms with Crippen LogP contribution in [0.3, 0.4) is 0 Å². The average Bonchev–Trinajstić information content (AvgIpc) is 3.07. The summed E-state index contributed by atoms with van der Waals surface area (Å²) in [6.07, 6.45) is 5.45. The highest BCUT2D eigenvalue weighted by Gasteiger charge is 2.38. The van der Waals surface area contributed by atoms with Crippen molar-refractivity contribution in [3.63, 3.8) is 0 Å². The van der Waals surface area contributed by atoms with Gasteiger partial charge in [0.05, 0.1) is 17.8 Å². The van der Waals surface area contributed by atoms with Gasteiger partial charge in [-0.05, 0) is 32.1 Å². The van der Waals surface area contributed by atoms with E-state index >= 15 is 0 Å². The first-order valence-corrected chi connectivity index (χ1v) is 7.57. The molecule has 1 spiro atoms. The minimum absolute atomic E-state index is 0.0413. The summed E-state index contributed by atoms with van der Waals surface area (Å²) in [6.45, 7) is 4.17. The zero-order valence-corrected chi connectivity index (χ0v) is 12.1. The van der Waals surface area contributed by atoms with Crippen molar-refractivity contribution >= 4 is 5.91 Å². The monoisotopic (exact) mass is 278 g/mol. The molecule has 3 rings (SSSR count). The summed E-state index contributed by atoms with van der Waals surface area (Å²) in [7, 11) is 0. The summed E-state index contributed by atoms with van der Waals surface area (Å²) in [6, 6.07) is 1.94. The van der Waals surface area contributed by atoms with E-state index in [0.717, 1.165) is 56.7 Å². The fraction of sp³-hybridized carbons (Fsp3) is 0.733. The van der Waals surface area contributed by atoms with Crippen LogP contribution in [0, 0.1) is 0 Å². The van der Waals surface area contributed by atoms with Crippen LogP contribution in [0.1, 0.15) is 50.5 Å². The molecule has 3 heterocycles. The Hall–Kier alpha value is -1.36. The number of carbonyl (C=O) groups excluding carboxylic acids is 1. The number of nitrogens with zero attached hydrogens (tertiary/aromatic N) is 2. The number of aromatic nitrogens is 1. The molecule has 1 aromatic heterocycles. The van der Waals surface area contributed by atoms with E-state index in [1.54, 1.807) is 0 Å². The number of aryl methyl sites for hydroxylation is 1. The summed E-state index contributed by atoms with van der Waals surface area (Å²) < 4.78 is 11.2. The van der Waals surface area contributed by atoms with Crippen LogP contribution in [0.5, 0.6) is 0 Å². The van der Waals surface area contributed by atoms with Gasteiger partial charge in [-0.15, -0.1) is 0 Å². The number of rotatable bonds is 3. The summed E-state index contributed by atoms with van der Waals surface area (Å²) in [5, 5.41) is 3.98. The van der Waals surface area contributed by atoms with E-state index in [-0.39, 0.29) is 11.5 Å². The second-order valence-corrected chi connectivity index (χ2v) is 5.84. The molecule has 0 bridgehead atoms. The molecule has 0 radical (unpaired) electrons. The topological polar surface area (TPSA) is 55.6 Å². The standard InChI is InChI=1S/C15H22N2O3/c1-2-12-10-13(20-16-12)11-17-8-7-15(5-3-9-19-15)6-4-14(17)18/h10H,2-9,11H2,1H3. The Balaban J connectivity index is 1.65. The highest BCUT2D eigenvalue weighted by Crippen LogP contribution is 2.36. The summed E-state index contributed by atoms with van der Waals surface area (Å²) in [4.78, 5) is 14.1. The van der Waals surface area contributed by atoms with Crippen molar-refractivity contribution in [2.45, 2.75) is 57.6 Å². The first kappa shape index (κ1) is 13.6. The minimum atomic E-state index is -0.0413. The molecule has 1 amide bonds. The van der Waals surface area contributed by atoms with Gasteiger partial charge >= 0.3 is 0 Å². The molecule has 1 aromatic rings. The van der Waals surface area contributed by atoms with Crippen molar-refractivity contribution in [1.82, 2.24) is 10.1 Å². The Labute approximate surface area is 119 Å². The van der Waals surface area contributed by atoms with Gasteiger partial charge in [-0.1, -0.05) is 12.1 Å². The van der Waals surface area contributed by atoms with Crippen LogP contribution in [-0.4, -0.2) is 34.7 Å². The summed E-state index contributed by atoms with van der Waals surface area (Å²) in [5.41, 5.74) is 0.901. The van der Waals surface area contributed by atoms with Crippen molar-refractivity contribution in [1.29, 1.82) is 0 Å². The molecular weight excluding hydrogens is 256 g/mol. The first-order chi connectivity index (χ1) is 9.71. The van der Waals surface area contributed by atoms with Crippen LogP contribution in [0.2, 0.25) is 0 Å². The van der Waals surface area contributed by atoms with Crippen molar-refractivity contribution in [3.05, 3.63) is 17.5 Å². The molecular formula is C15H22N2O3. The predicted octanol–water partition coefficient (Wildman–Crippen LogP) is 2.30. The number of likely N-dealkylation sites (tertiary alicyclic amines) is 1. The zero-order chi connectivity index (χ0) is 14.0. The third-order valence-electron chi connectivity index (χ3n) is 4.49. The van der Waals surface area contributed by atoms with Crippen LogP contribution in [0.15, 0.2) is 10.6 Å². The van der Waals surface area contributed by atoms with Crippen molar-refractivity contribution in [2.75, 3.05) is 13.2 Å². The molecule has 2 aliphatic rings. The molecule has 20 heavy (non-hydrogen) atoms. The Morgan fingerprint density at radius 3 is 3.00 bits per heavy atom. The van der Waals surface area contributed by atoms with Gasteiger partial charge < -0.3 is 14.2 Å². The molecule has 5 heteroatoms. The normalized spacial score (nSPS) is 27.2. The maximum Gasteiger partial charge on any atom is 0.223 e. The van der Waals surface area contributed by atoms with E-state index in [4.69, 9.17) is 9.26 Å². The molecule has 0 saturated carbocycles. The quantitative estimate of drug-likeness (QED) is 0.851. The lowest BCUT2D eigenvalue weighted by molar-refractivity contribution is -0.131. The molecule has 0 aliphatic carbocycles. The van der Waals surface area contributed by atoms with Gasteiger partial charge in [-0.3, -0.25) is 4.79 Å². The maximum atomic E-state index is 12.2. The molecule has 2 saturated heterocycles.